The number of carbonyl (C=O) groups is 2. The summed E-state index contributed by atoms with van der Waals surface area (Å²) in [5, 5.41) is 11.4. The molecule has 8 nitrogen and oxygen atoms in total. The number of nitrogens with zero attached hydrogens (tertiary/aromatic N) is 4. The number of aromatic nitrogens is 3. The fourth-order valence-corrected chi connectivity index (χ4v) is 5.69. The number of fused-ring (bicyclic) bond motifs is 1. The van der Waals surface area contributed by atoms with Crippen LogP contribution in [0.3, 0.4) is 0 Å². The Kier molecular flexibility index (Phi) is 7.70. The van der Waals surface area contributed by atoms with E-state index in [-0.39, 0.29) is 29.6 Å². The summed E-state index contributed by atoms with van der Waals surface area (Å²) in [4.78, 5) is 30.7. The highest BCUT2D eigenvalue weighted by molar-refractivity contribution is 6.31. The Hall–Kier alpha value is -3.34. The SMILES string of the molecule is CC(=O)N1C[C@@H](NC(=O)c2cnn(C3CCCCC3)c2)C[C@@H](Nc2cc(C(F)(F)F)nc3ccc(Cl)cc23)C1. The van der Waals surface area contributed by atoms with Crippen molar-refractivity contribution >= 4 is 40.0 Å². The molecule has 0 unspecified atom stereocenters. The average Bonchev–Trinajstić information content (AvgIpc) is 3.39. The van der Waals surface area contributed by atoms with Crippen LogP contribution in [0.1, 0.15) is 67.5 Å². The van der Waals surface area contributed by atoms with Crippen molar-refractivity contribution < 1.29 is 22.8 Å². The van der Waals surface area contributed by atoms with E-state index in [1.54, 1.807) is 23.4 Å². The summed E-state index contributed by atoms with van der Waals surface area (Å²) in [6.45, 7) is 2.00. The van der Waals surface area contributed by atoms with Crippen LogP contribution in [-0.2, 0) is 11.0 Å². The van der Waals surface area contributed by atoms with Crippen LogP contribution in [0, 0.1) is 0 Å². The zero-order valence-electron chi connectivity index (χ0n) is 21.5. The summed E-state index contributed by atoms with van der Waals surface area (Å²) >= 11 is 6.13. The number of anilines is 1. The van der Waals surface area contributed by atoms with E-state index in [4.69, 9.17) is 11.6 Å². The van der Waals surface area contributed by atoms with Gasteiger partial charge in [-0.1, -0.05) is 30.9 Å². The Balaban J connectivity index is 1.35. The summed E-state index contributed by atoms with van der Waals surface area (Å²) in [6.07, 6.45) is 4.66. The third-order valence-electron chi connectivity index (χ3n) is 7.46. The molecule has 2 aromatic heterocycles. The van der Waals surface area contributed by atoms with E-state index in [2.05, 4.69) is 20.7 Å². The van der Waals surface area contributed by atoms with Crippen molar-refractivity contribution in [2.24, 2.45) is 0 Å². The Labute approximate surface area is 228 Å². The zero-order chi connectivity index (χ0) is 27.7. The van der Waals surface area contributed by atoms with E-state index in [1.807, 2.05) is 4.68 Å². The molecule has 2 aliphatic rings. The van der Waals surface area contributed by atoms with E-state index in [1.165, 1.54) is 25.5 Å². The molecule has 1 aliphatic heterocycles. The van der Waals surface area contributed by atoms with E-state index in [0.717, 1.165) is 31.7 Å². The van der Waals surface area contributed by atoms with Gasteiger partial charge in [0.15, 0.2) is 0 Å². The van der Waals surface area contributed by atoms with E-state index < -0.39 is 24.0 Å². The van der Waals surface area contributed by atoms with Crippen molar-refractivity contribution in [1.82, 2.24) is 25.0 Å². The molecule has 2 fully saturated rings. The number of amides is 2. The lowest BCUT2D eigenvalue weighted by atomic mass is 9.96. The first-order valence-electron chi connectivity index (χ1n) is 13.1. The van der Waals surface area contributed by atoms with Gasteiger partial charge in [0.05, 0.1) is 23.3 Å². The Morgan fingerprint density at radius 2 is 1.82 bits per heavy atom. The fourth-order valence-electron chi connectivity index (χ4n) is 5.52. The third-order valence-corrected chi connectivity index (χ3v) is 7.70. The maximum Gasteiger partial charge on any atom is 0.433 e. The highest BCUT2D eigenvalue weighted by atomic mass is 35.5. The zero-order valence-corrected chi connectivity index (χ0v) is 22.2. The molecular formula is C27H30ClF3N6O2. The molecule has 0 spiro atoms. The summed E-state index contributed by atoms with van der Waals surface area (Å²) in [5.74, 6) is -0.490. The standard InChI is InChI=1S/C27H30ClF3N6O2/c1-16(38)36-14-19(33-24-11-25(27(29,30)31)35-23-8-7-18(28)9-22(23)24)10-20(15-36)34-26(39)17-12-32-37(13-17)21-5-3-2-4-6-21/h7-9,11-13,19-21H,2-6,10,14-15H2,1H3,(H,33,35)(H,34,39)/t19-,20+/m1/s1. The van der Waals surface area contributed by atoms with Gasteiger partial charge in [0, 0.05) is 54.4 Å². The minimum absolute atomic E-state index is 0.149. The van der Waals surface area contributed by atoms with Crippen molar-refractivity contribution in [3.05, 3.63) is 52.9 Å². The highest BCUT2D eigenvalue weighted by Crippen LogP contribution is 2.35. The van der Waals surface area contributed by atoms with Crippen LogP contribution in [0.2, 0.25) is 5.02 Å². The second-order valence-electron chi connectivity index (χ2n) is 10.4. The molecule has 1 saturated heterocycles. The molecule has 39 heavy (non-hydrogen) atoms. The number of carbonyl (C=O) groups excluding carboxylic acids is 2. The largest absolute Gasteiger partial charge is 0.433 e. The Morgan fingerprint density at radius 3 is 2.54 bits per heavy atom. The van der Waals surface area contributed by atoms with Crippen LogP contribution in [0.15, 0.2) is 36.7 Å². The van der Waals surface area contributed by atoms with Gasteiger partial charge in [0.2, 0.25) is 5.91 Å². The van der Waals surface area contributed by atoms with E-state index in [0.29, 0.717) is 35.0 Å². The van der Waals surface area contributed by atoms with Crippen LogP contribution in [0.25, 0.3) is 10.9 Å². The lowest BCUT2D eigenvalue weighted by molar-refractivity contribution is -0.140. The van der Waals surface area contributed by atoms with Crippen molar-refractivity contribution in [3.8, 4) is 0 Å². The summed E-state index contributed by atoms with van der Waals surface area (Å²) in [6, 6.07) is 4.90. The van der Waals surface area contributed by atoms with Gasteiger partial charge in [-0.3, -0.25) is 14.3 Å². The molecule has 12 heteroatoms. The predicted octanol–water partition coefficient (Wildman–Crippen LogP) is 5.44. The van der Waals surface area contributed by atoms with Gasteiger partial charge in [-0.15, -0.1) is 0 Å². The fraction of sp³-hybridized carbons (Fsp3) is 0.481. The van der Waals surface area contributed by atoms with Crippen LogP contribution < -0.4 is 10.6 Å². The lowest BCUT2D eigenvalue weighted by Crippen LogP contribution is -2.55. The molecule has 0 radical (unpaired) electrons. The summed E-state index contributed by atoms with van der Waals surface area (Å²) in [5.41, 5.74) is -0.228. The number of rotatable bonds is 5. The smallest absolute Gasteiger partial charge is 0.380 e. The molecule has 2 N–H and O–H groups in total. The first-order chi connectivity index (χ1) is 18.6. The van der Waals surface area contributed by atoms with Crippen LogP contribution >= 0.6 is 11.6 Å². The molecule has 1 saturated carbocycles. The molecule has 3 heterocycles. The van der Waals surface area contributed by atoms with Gasteiger partial charge < -0.3 is 15.5 Å². The minimum Gasteiger partial charge on any atom is -0.380 e. The molecule has 5 rings (SSSR count). The number of nitrogens with one attached hydrogen (secondary N) is 2. The number of hydrogen-bond acceptors (Lipinski definition) is 5. The molecule has 2 atom stereocenters. The summed E-state index contributed by atoms with van der Waals surface area (Å²) in [7, 11) is 0. The van der Waals surface area contributed by atoms with Gasteiger partial charge in [0.1, 0.15) is 5.69 Å². The van der Waals surface area contributed by atoms with Gasteiger partial charge in [-0.2, -0.15) is 18.3 Å². The second kappa shape index (κ2) is 11.0. The normalized spacial score (nSPS) is 20.7. The minimum atomic E-state index is -4.64. The third kappa shape index (κ3) is 6.29. The molecule has 1 aromatic carbocycles. The first-order valence-corrected chi connectivity index (χ1v) is 13.5. The maximum atomic E-state index is 13.6. The molecule has 208 valence electrons. The molecule has 0 bridgehead atoms. The van der Waals surface area contributed by atoms with Crippen LogP contribution in [-0.4, -0.2) is 56.7 Å². The average molecular weight is 563 g/mol. The van der Waals surface area contributed by atoms with Crippen molar-refractivity contribution in [2.75, 3.05) is 18.4 Å². The van der Waals surface area contributed by atoms with Gasteiger partial charge in [0.25, 0.3) is 5.91 Å². The number of halogens is 4. The highest BCUT2D eigenvalue weighted by Gasteiger charge is 2.35. The number of piperidine rings is 1. The Bertz CT molecular complexity index is 1370. The second-order valence-corrected chi connectivity index (χ2v) is 10.8. The van der Waals surface area contributed by atoms with E-state index in [9.17, 15) is 22.8 Å². The quantitative estimate of drug-likeness (QED) is 0.432. The topological polar surface area (TPSA) is 92.2 Å². The molecule has 2 amide bonds. The number of alkyl halides is 3. The van der Waals surface area contributed by atoms with Crippen LogP contribution in [0.5, 0.6) is 0 Å². The van der Waals surface area contributed by atoms with Crippen LogP contribution in [0.4, 0.5) is 18.9 Å². The number of benzene rings is 1. The lowest BCUT2D eigenvalue weighted by Gasteiger charge is -2.38. The molecule has 3 aromatic rings. The van der Waals surface area contributed by atoms with Crippen molar-refractivity contribution in [2.45, 2.75) is 69.8 Å². The van der Waals surface area contributed by atoms with Gasteiger partial charge in [-0.25, -0.2) is 4.98 Å². The first kappa shape index (κ1) is 27.2. The maximum absolute atomic E-state index is 13.6. The Morgan fingerprint density at radius 1 is 1.08 bits per heavy atom. The molecule has 1 aliphatic carbocycles. The van der Waals surface area contributed by atoms with Crippen molar-refractivity contribution in [3.63, 3.8) is 0 Å². The monoisotopic (exact) mass is 562 g/mol. The summed E-state index contributed by atoms with van der Waals surface area (Å²) < 4.78 is 42.6. The number of likely N-dealkylation sites (tertiary alicyclic amines) is 1. The number of pyridine rings is 1. The number of hydrogen-bond donors (Lipinski definition) is 2. The van der Waals surface area contributed by atoms with E-state index >= 15 is 0 Å². The van der Waals surface area contributed by atoms with Crippen molar-refractivity contribution in [1.29, 1.82) is 0 Å². The van der Waals surface area contributed by atoms with Gasteiger partial charge >= 0.3 is 6.18 Å². The molecular weight excluding hydrogens is 533 g/mol. The van der Waals surface area contributed by atoms with Gasteiger partial charge in [-0.05, 0) is 43.5 Å². The predicted molar refractivity (Wildman–Crippen MR) is 142 cm³/mol.